The maximum Gasteiger partial charge on any atom is 0.329 e. The molecule has 0 fully saturated rings. The van der Waals surface area contributed by atoms with Crippen LogP contribution in [0.25, 0.3) is 22.3 Å². The summed E-state index contributed by atoms with van der Waals surface area (Å²) in [5, 5.41) is 16.4. The Morgan fingerprint density at radius 2 is 2.00 bits per heavy atom. The number of carbonyl (C=O) groups is 2. The number of carboxylic acid groups (broad SMARTS) is 1. The Balaban J connectivity index is 1.91. The minimum absolute atomic E-state index is 0.0938. The number of nitrogens with zero attached hydrogens (tertiary/aromatic N) is 3. The van der Waals surface area contributed by atoms with E-state index in [-0.39, 0.29) is 25.1 Å². The number of hydrogen-bond acceptors (Lipinski definition) is 5. The third-order valence-electron chi connectivity index (χ3n) is 4.13. The van der Waals surface area contributed by atoms with Crippen LogP contribution in [0.5, 0.6) is 0 Å². The monoisotopic (exact) mass is 382 g/mol. The summed E-state index contributed by atoms with van der Waals surface area (Å²) in [7, 11) is 0. The quantitative estimate of drug-likeness (QED) is 0.580. The molecule has 8 heteroatoms. The lowest BCUT2D eigenvalue weighted by molar-refractivity contribution is -0.142. The van der Waals surface area contributed by atoms with Gasteiger partial charge in [-0.15, -0.1) is 0 Å². The standard InChI is InChI=1S/C20H22N4O4/c1-13(2)24-19-16(11-22-24)15(20(27)21-8-9-28-12-18(25)26)10-17(23-19)14-6-4-3-5-7-14/h3-7,10-11,13H,8-9,12H2,1-2H3,(H,21,27)(H,25,26). The maximum atomic E-state index is 12.8. The molecule has 2 heterocycles. The number of benzene rings is 1. The average Bonchev–Trinajstić information content (AvgIpc) is 3.11. The van der Waals surface area contributed by atoms with Crippen molar-refractivity contribution in [2.75, 3.05) is 19.8 Å². The number of carboxylic acids is 1. The van der Waals surface area contributed by atoms with Gasteiger partial charge in [0.1, 0.15) is 6.61 Å². The van der Waals surface area contributed by atoms with Crippen molar-refractivity contribution in [3.8, 4) is 11.3 Å². The van der Waals surface area contributed by atoms with Crippen molar-refractivity contribution in [1.29, 1.82) is 0 Å². The summed E-state index contributed by atoms with van der Waals surface area (Å²) in [5.74, 6) is -1.33. The summed E-state index contributed by atoms with van der Waals surface area (Å²) < 4.78 is 6.74. The van der Waals surface area contributed by atoms with Crippen LogP contribution in [-0.2, 0) is 9.53 Å². The van der Waals surface area contributed by atoms with E-state index in [1.807, 2.05) is 44.2 Å². The molecule has 0 saturated carbocycles. The smallest absolute Gasteiger partial charge is 0.329 e. The number of hydrogen-bond donors (Lipinski definition) is 2. The van der Waals surface area contributed by atoms with Crippen LogP contribution in [0.2, 0.25) is 0 Å². The zero-order valence-corrected chi connectivity index (χ0v) is 15.8. The van der Waals surface area contributed by atoms with Crippen LogP contribution in [-0.4, -0.2) is 51.5 Å². The Kier molecular flexibility index (Phi) is 6.00. The van der Waals surface area contributed by atoms with E-state index in [0.717, 1.165) is 5.56 Å². The molecular formula is C20H22N4O4. The van der Waals surface area contributed by atoms with Gasteiger partial charge in [-0.1, -0.05) is 30.3 Å². The van der Waals surface area contributed by atoms with Gasteiger partial charge in [0, 0.05) is 18.2 Å². The molecule has 0 aliphatic heterocycles. The normalized spacial score (nSPS) is 11.1. The Hall–Kier alpha value is -3.26. The van der Waals surface area contributed by atoms with E-state index < -0.39 is 12.6 Å². The molecule has 0 radical (unpaired) electrons. The van der Waals surface area contributed by atoms with Crippen molar-refractivity contribution < 1.29 is 19.4 Å². The molecule has 8 nitrogen and oxygen atoms in total. The van der Waals surface area contributed by atoms with Crippen LogP contribution in [0.3, 0.4) is 0 Å². The number of fused-ring (bicyclic) bond motifs is 1. The number of carbonyl (C=O) groups excluding carboxylic acids is 1. The highest BCUT2D eigenvalue weighted by atomic mass is 16.5. The SMILES string of the molecule is CC(C)n1ncc2c(C(=O)NCCOCC(=O)O)cc(-c3ccccc3)nc21. The summed E-state index contributed by atoms with van der Waals surface area (Å²) in [4.78, 5) is 28.0. The lowest BCUT2D eigenvalue weighted by Crippen LogP contribution is -2.28. The van der Waals surface area contributed by atoms with E-state index in [4.69, 9.17) is 14.8 Å². The summed E-state index contributed by atoms with van der Waals surface area (Å²) in [6.45, 7) is 3.93. The van der Waals surface area contributed by atoms with Gasteiger partial charge >= 0.3 is 5.97 Å². The number of nitrogens with one attached hydrogen (secondary N) is 1. The highest BCUT2D eigenvalue weighted by Crippen LogP contribution is 2.26. The first-order valence-electron chi connectivity index (χ1n) is 8.98. The Morgan fingerprint density at radius 1 is 1.25 bits per heavy atom. The van der Waals surface area contributed by atoms with E-state index >= 15 is 0 Å². The number of pyridine rings is 1. The fraction of sp³-hybridized carbons (Fsp3) is 0.300. The number of ether oxygens (including phenoxy) is 1. The van der Waals surface area contributed by atoms with Gasteiger partial charge in [-0.25, -0.2) is 14.5 Å². The van der Waals surface area contributed by atoms with Gasteiger partial charge < -0.3 is 15.2 Å². The minimum Gasteiger partial charge on any atom is -0.480 e. The second-order valence-electron chi connectivity index (χ2n) is 6.54. The van der Waals surface area contributed by atoms with Crippen LogP contribution >= 0.6 is 0 Å². The van der Waals surface area contributed by atoms with Gasteiger partial charge in [0.25, 0.3) is 5.91 Å². The molecule has 2 aromatic heterocycles. The lowest BCUT2D eigenvalue weighted by Gasteiger charge is -2.11. The van der Waals surface area contributed by atoms with Gasteiger partial charge in [-0.2, -0.15) is 5.10 Å². The largest absolute Gasteiger partial charge is 0.480 e. The van der Waals surface area contributed by atoms with E-state index in [9.17, 15) is 9.59 Å². The highest BCUT2D eigenvalue weighted by molar-refractivity contribution is 6.06. The van der Waals surface area contributed by atoms with Gasteiger partial charge in [-0.05, 0) is 19.9 Å². The molecule has 1 amide bonds. The predicted octanol–water partition coefficient (Wildman–Crippen LogP) is 2.51. The zero-order valence-electron chi connectivity index (χ0n) is 15.8. The molecule has 2 N–H and O–H groups in total. The average molecular weight is 382 g/mol. The predicted molar refractivity (Wildman–Crippen MR) is 104 cm³/mol. The van der Waals surface area contributed by atoms with Crippen LogP contribution in [0.1, 0.15) is 30.2 Å². The molecule has 28 heavy (non-hydrogen) atoms. The Bertz CT molecular complexity index is 983. The first kappa shape index (κ1) is 19.5. The first-order valence-corrected chi connectivity index (χ1v) is 8.98. The van der Waals surface area contributed by atoms with Gasteiger partial charge in [0.2, 0.25) is 0 Å². The fourth-order valence-corrected chi connectivity index (χ4v) is 2.83. The lowest BCUT2D eigenvalue weighted by atomic mass is 10.1. The van der Waals surface area contributed by atoms with Gasteiger partial charge in [0.15, 0.2) is 5.65 Å². The van der Waals surface area contributed by atoms with Crippen molar-refractivity contribution in [2.45, 2.75) is 19.9 Å². The number of aliphatic carboxylic acids is 1. The van der Waals surface area contributed by atoms with Crippen molar-refractivity contribution in [3.63, 3.8) is 0 Å². The van der Waals surface area contributed by atoms with Crippen molar-refractivity contribution >= 4 is 22.9 Å². The van der Waals surface area contributed by atoms with Crippen LogP contribution < -0.4 is 5.32 Å². The highest BCUT2D eigenvalue weighted by Gasteiger charge is 2.18. The maximum absolute atomic E-state index is 12.8. The van der Waals surface area contributed by atoms with E-state index in [0.29, 0.717) is 22.3 Å². The Morgan fingerprint density at radius 3 is 2.68 bits per heavy atom. The topological polar surface area (TPSA) is 106 Å². The summed E-state index contributed by atoms with van der Waals surface area (Å²) in [6.07, 6.45) is 1.65. The summed E-state index contributed by atoms with van der Waals surface area (Å²) >= 11 is 0. The van der Waals surface area contributed by atoms with Crippen LogP contribution in [0.15, 0.2) is 42.6 Å². The van der Waals surface area contributed by atoms with Gasteiger partial charge in [-0.3, -0.25) is 4.79 Å². The number of amides is 1. The minimum atomic E-state index is -1.05. The fourth-order valence-electron chi connectivity index (χ4n) is 2.83. The molecular weight excluding hydrogens is 360 g/mol. The molecule has 146 valence electrons. The molecule has 3 rings (SSSR count). The first-order chi connectivity index (χ1) is 13.5. The van der Waals surface area contributed by atoms with Crippen LogP contribution in [0, 0.1) is 0 Å². The van der Waals surface area contributed by atoms with E-state index in [1.165, 1.54) is 0 Å². The summed E-state index contributed by atoms with van der Waals surface area (Å²) in [5.41, 5.74) is 2.69. The molecule has 0 saturated heterocycles. The number of aromatic nitrogens is 3. The molecule has 0 aliphatic carbocycles. The second-order valence-corrected chi connectivity index (χ2v) is 6.54. The van der Waals surface area contributed by atoms with Crippen molar-refractivity contribution in [3.05, 3.63) is 48.2 Å². The second kappa shape index (κ2) is 8.62. The van der Waals surface area contributed by atoms with E-state index in [1.54, 1.807) is 16.9 Å². The van der Waals surface area contributed by atoms with E-state index in [2.05, 4.69) is 10.4 Å². The van der Waals surface area contributed by atoms with Crippen molar-refractivity contribution in [1.82, 2.24) is 20.1 Å². The molecule has 0 unspecified atom stereocenters. The van der Waals surface area contributed by atoms with Gasteiger partial charge in [0.05, 0.1) is 29.4 Å². The van der Waals surface area contributed by atoms with Crippen molar-refractivity contribution in [2.24, 2.45) is 0 Å². The zero-order chi connectivity index (χ0) is 20.1. The summed E-state index contributed by atoms with van der Waals surface area (Å²) in [6, 6.07) is 11.5. The molecule has 0 atom stereocenters. The number of rotatable bonds is 8. The third-order valence-corrected chi connectivity index (χ3v) is 4.13. The molecule has 0 bridgehead atoms. The Labute approximate surface area is 162 Å². The van der Waals surface area contributed by atoms with Crippen LogP contribution in [0.4, 0.5) is 0 Å². The third kappa shape index (κ3) is 4.34. The molecule has 0 aliphatic rings. The molecule has 1 aromatic carbocycles. The molecule has 3 aromatic rings. The molecule has 0 spiro atoms.